The Bertz CT molecular complexity index is 2950. The van der Waals surface area contributed by atoms with Crippen LogP contribution in [0.3, 0.4) is 0 Å². The predicted molar refractivity (Wildman–Crippen MR) is 204 cm³/mol. The second-order valence-corrected chi connectivity index (χ2v) is 13.8. The molecular weight excluding hydrogens is 601 g/mol. The molecule has 7 aromatic carbocycles. The number of benzene rings is 7. The van der Waals surface area contributed by atoms with Crippen molar-refractivity contribution in [1.82, 2.24) is 9.55 Å². The van der Waals surface area contributed by atoms with Crippen LogP contribution in [0.4, 0.5) is 0 Å². The lowest BCUT2D eigenvalue weighted by Gasteiger charge is -2.11. The Morgan fingerprint density at radius 2 is 1.10 bits per heavy atom. The molecular formula is C45H26N2S. The molecule has 0 radical (unpaired) electrons. The second-order valence-electron chi connectivity index (χ2n) is 12.7. The number of hydrogen-bond donors (Lipinski definition) is 0. The molecule has 0 fully saturated rings. The monoisotopic (exact) mass is 626 g/mol. The van der Waals surface area contributed by atoms with Gasteiger partial charge in [0.2, 0.25) is 0 Å². The Hall–Kier alpha value is -6.03. The minimum absolute atomic E-state index is 1.04. The summed E-state index contributed by atoms with van der Waals surface area (Å²) >= 11 is 1.86. The van der Waals surface area contributed by atoms with Crippen LogP contribution in [0.1, 0.15) is 0 Å². The summed E-state index contributed by atoms with van der Waals surface area (Å²) in [5.74, 6) is 0. The van der Waals surface area contributed by atoms with Gasteiger partial charge in [0.25, 0.3) is 0 Å². The number of rotatable bonds is 3. The van der Waals surface area contributed by atoms with Crippen molar-refractivity contribution in [1.29, 1.82) is 0 Å². The number of hydrogen-bond acceptors (Lipinski definition) is 2. The molecule has 0 unspecified atom stereocenters. The van der Waals surface area contributed by atoms with E-state index in [2.05, 4.69) is 156 Å². The highest BCUT2D eigenvalue weighted by Gasteiger charge is 2.25. The lowest BCUT2D eigenvalue weighted by atomic mass is 9.96. The number of aromatic nitrogens is 2. The molecule has 1 aliphatic rings. The highest BCUT2D eigenvalue weighted by Crippen LogP contribution is 2.50. The lowest BCUT2D eigenvalue weighted by Crippen LogP contribution is -1.93. The van der Waals surface area contributed by atoms with E-state index in [1.165, 1.54) is 86.1 Å². The van der Waals surface area contributed by atoms with E-state index in [1.54, 1.807) is 0 Å². The molecule has 2 nitrogen and oxygen atoms in total. The number of fused-ring (bicyclic) bond motifs is 9. The van der Waals surface area contributed by atoms with E-state index in [9.17, 15) is 0 Å². The van der Waals surface area contributed by atoms with Crippen molar-refractivity contribution < 1.29 is 0 Å². The van der Waals surface area contributed by atoms with E-state index in [1.807, 2.05) is 17.5 Å². The van der Waals surface area contributed by atoms with Gasteiger partial charge in [0.15, 0.2) is 0 Å². The maximum atomic E-state index is 5.14. The molecule has 0 spiro atoms. The van der Waals surface area contributed by atoms with E-state index in [-0.39, 0.29) is 0 Å². The fourth-order valence-corrected chi connectivity index (χ4v) is 9.11. The Morgan fingerprint density at radius 3 is 1.96 bits per heavy atom. The Kier molecular flexibility index (Phi) is 5.29. The molecule has 1 aliphatic carbocycles. The lowest BCUT2D eigenvalue weighted by molar-refractivity contribution is 1.18. The highest BCUT2D eigenvalue weighted by molar-refractivity contribution is 7.25. The smallest absolute Gasteiger partial charge is 0.0787 e. The van der Waals surface area contributed by atoms with Gasteiger partial charge in [-0.05, 0) is 82.4 Å². The van der Waals surface area contributed by atoms with Gasteiger partial charge in [-0.2, -0.15) is 0 Å². The summed E-state index contributed by atoms with van der Waals surface area (Å²) in [6.07, 6.45) is 2.05. The molecule has 222 valence electrons. The average molecular weight is 627 g/mol. The van der Waals surface area contributed by atoms with E-state index >= 15 is 0 Å². The van der Waals surface area contributed by atoms with Crippen LogP contribution < -0.4 is 0 Å². The van der Waals surface area contributed by atoms with Gasteiger partial charge in [0.1, 0.15) is 0 Å². The minimum atomic E-state index is 1.04. The maximum absolute atomic E-state index is 5.14. The Labute approximate surface area is 280 Å². The van der Waals surface area contributed by atoms with Crippen molar-refractivity contribution in [3.63, 3.8) is 0 Å². The normalized spacial score (nSPS) is 12.2. The van der Waals surface area contributed by atoms with E-state index in [0.29, 0.717) is 0 Å². The summed E-state index contributed by atoms with van der Waals surface area (Å²) in [4.78, 5) is 5.14. The second kappa shape index (κ2) is 9.74. The molecule has 0 saturated carbocycles. The van der Waals surface area contributed by atoms with Crippen molar-refractivity contribution in [3.05, 3.63) is 158 Å². The number of pyridine rings is 1. The van der Waals surface area contributed by atoms with Gasteiger partial charge in [-0.1, -0.05) is 97.1 Å². The fraction of sp³-hybridized carbons (Fsp3) is 0. The summed E-state index contributed by atoms with van der Waals surface area (Å²) < 4.78 is 5.06. The quantitative estimate of drug-likeness (QED) is 0.191. The minimum Gasteiger partial charge on any atom is -0.309 e. The summed E-state index contributed by atoms with van der Waals surface area (Å²) in [7, 11) is 0. The molecule has 0 N–H and O–H groups in total. The van der Waals surface area contributed by atoms with Crippen LogP contribution in [0, 0.1) is 0 Å². The number of nitrogens with zero attached hydrogens (tertiary/aromatic N) is 2. The van der Waals surface area contributed by atoms with Gasteiger partial charge in [0, 0.05) is 64.7 Å². The number of thiophene rings is 1. The third kappa shape index (κ3) is 3.59. The van der Waals surface area contributed by atoms with Crippen molar-refractivity contribution in [3.8, 4) is 50.3 Å². The van der Waals surface area contributed by atoms with Crippen LogP contribution in [-0.4, -0.2) is 9.55 Å². The number of para-hydroxylation sites is 1. The van der Waals surface area contributed by atoms with Gasteiger partial charge < -0.3 is 4.57 Å². The summed E-state index contributed by atoms with van der Waals surface area (Å²) in [5.41, 5.74) is 13.2. The van der Waals surface area contributed by atoms with Gasteiger partial charge >= 0.3 is 0 Å². The SMILES string of the molecule is c1ccc(-n2c3ccc(-c4ccc5sc6ccccc6c5c4)cc3c3cc(-c4ncc5cccc6c5c4-c4ccccc4-6)ccc32)cc1. The highest BCUT2D eigenvalue weighted by atomic mass is 32.1. The summed E-state index contributed by atoms with van der Waals surface area (Å²) in [6, 6.07) is 55.6. The summed E-state index contributed by atoms with van der Waals surface area (Å²) in [5, 5.41) is 7.60. The molecule has 0 amide bonds. The first-order chi connectivity index (χ1) is 23.8. The molecule has 0 aliphatic heterocycles. The molecule has 0 bridgehead atoms. The van der Waals surface area contributed by atoms with E-state index in [0.717, 1.165) is 16.9 Å². The molecule has 3 aromatic heterocycles. The van der Waals surface area contributed by atoms with Gasteiger partial charge in [-0.15, -0.1) is 11.3 Å². The van der Waals surface area contributed by atoms with Crippen LogP contribution >= 0.6 is 11.3 Å². The van der Waals surface area contributed by atoms with Crippen LogP contribution in [0.5, 0.6) is 0 Å². The third-order valence-electron chi connectivity index (χ3n) is 10.2. The van der Waals surface area contributed by atoms with Gasteiger partial charge in [0.05, 0.1) is 16.7 Å². The average Bonchev–Trinajstić information content (AvgIpc) is 3.80. The first kappa shape index (κ1) is 26.1. The zero-order valence-corrected chi connectivity index (χ0v) is 26.6. The topological polar surface area (TPSA) is 17.8 Å². The van der Waals surface area contributed by atoms with E-state index in [4.69, 9.17) is 4.98 Å². The molecule has 0 atom stereocenters. The van der Waals surface area contributed by atoms with Crippen molar-refractivity contribution in [2.24, 2.45) is 0 Å². The van der Waals surface area contributed by atoms with E-state index < -0.39 is 0 Å². The largest absolute Gasteiger partial charge is 0.309 e. The third-order valence-corrected chi connectivity index (χ3v) is 11.3. The van der Waals surface area contributed by atoms with Crippen molar-refractivity contribution in [2.45, 2.75) is 0 Å². The van der Waals surface area contributed by atoms with Crippen molar-refractivity contribution >= 4 is 64.1 Å². The molecule has 10 aromatic rings. The van der Waals surface area contributed by atoms with Gasteiger partial charge in [-0.3, -0.25) is 4.98 Å². The van der Waals surface area contributed by atoms with Crippen LogP contribution in [0.2, 0.25) is 0 Å². The van der Waals surface area contributed by atoms with Crippen LogP contribution in [-0.2, 0) is 0 Å². The molecule has 3 heterocycles. The first-order valence-electron chi connectivity index (χ1n) is 16.4. The standard InChI is InChI=1S/C45H26N2S/c1-2-10-31(11-3-1)47-39-20-17-27(28-19-22-42-38(24-28)33-13-6-7-16-41(33)48-42)23-36(39)37-25-29(18-21-40(37)47)45-44-35-14-5-4-12-32(35)34-15-8-9-30(26-46-45)43(34)44/h1-26H. The zero-order chi connectivity index (χ0) is 31.3. The Morgan fingerprint density at radius 1 is 0.458 bits per heavy atom. The zero-order valence-electron chi connectivity index (χ0n) is 25.8. The summed E-state index contributed by atoms with van der Waals surface area (Å²) in [6.45, 7) is 0. The molecule has 0 saturated heterocycles. The first-order valence-corrected chi connectivity index (χ1v) is 17.2. The molecule has 3 heteroatoms. The molecule has 48 heavy (non-hydrogen) atoms. The van der Waals surface area contributed by atoms with Crippen molar-refractivity contribution in [2.75, 3.05) is 0 Å². The maximum Gasteiger partial charge on any atom is 0.0787 e. The Balaban J connectivity index is 1.17. The van der Waals surface area contributed by atoms with Crippen LogP contribution in [0.25, 0.3) is 103 Å². The fourth-order valence-electron chi connectivity index (χ4n) is 8.03. The predicted octanol–water partition coefficient (Wildman–Crippen LogP) is 12.7. The van der Waals surface area contributed by atoms with Gasteiger partial charge in [-0.25, -0.2) is 0 Å². The molecule has 11 rings (SSSR count). The van der Waals surface area contributed by atoms with Crippen LogP contribution in [0.15, 0.2) is 158 Å².